The second-order valence-electron chi connectivity index (χ2n) is 2.14. The van der Waals surface area contributed by atoms with Crippen LogP contribution in [-0.2, 0) is 9.05 Å². The third-order valence-corrected chi connectivity index (χ3v) is 4.67. The van der Waals surface area contributed by atoms with Crippen molar-refractivity contribution in [2.24, 2.45) is 0 Å². The highest BCUT2D eigenvalue weighted by Crippen LogP contribution is 2.34. The van der Waals surface area contributed by atoms with Gasteiger partial charge >= 0.3 is 0 Å². The molecule has 0 saturated heterocycles. The third-order valence-electron chi connectivity index (χ3n) is 1.22. The summed E-state index contributed by atoms with van der Waals surface area (Å²) in [5, 5.41) is 0.286. The first-order valence-corrected chi connectivity index (χ1v) is 7.19. The first-order chi connectivity index (χ1) is 5.82. The Hall–Kier alpha value is 0.710. The average Bonchev–Trinajstić information content (AvgIpc) is 1.94. The smallest absolute Gasteiger partial charge is 0.207 e. The molecule has 7 heteroatoms. The summed E-state index contributed by atoms with van der Waals surface area (Å²) in [6, 6.07) is 2.94. The second kappa shape index (κ2) is 4.06. The number of hydrogen-bond donors (Lipinski definition) is 0. The van der Waals surface area contributed by atoms with E-state index in [4.69, 9.17) is 22.3 Å². The van der Waals surface area contributed by atoms with Crippen LogP contribution in [0.1, 0.15) is 0 Å². The standard InChI is InChI=1S/C6H2Br2Cl2O2S/c7-3-1-4(9)6(8)5(2-3)13(10,11)12/h1-2H. The molecule has 2 nitrogen and oxygen atoms in total. The Balaban J connectivity index is 3.56. The highest BCUT2D eigenvalue weighted by atomic mass is 79.9. The lowest BCUT2D eigenvalue weighted by Crippen LogP contribution is -1.92. The molecule has 72 valence electrons. The van der Waals surface area contributed by atoms with Gasteiger partial charge in [0.15, 0.2) is 0 Å². The fraction of sp³-hybridized carbons (Fsp3) is 0. The van der Waals surface area contributed by atoms with E-state index in [0.29, 0.717) is 4.47 Å². The lowest BCUT2D eigenvalue weighted by molar-refractivity contribution is 0.609. The van der Waals surface area contributed by atoms with E-state index >= 15 is 0 Å². The summed E-state index contributed by atoms with van der Waals surface area (Å²) >= 11 is 11.9. The molecule has 0 amide bonds. The summed E-state index contributed by atoms with van der Waals surface area (Å²) in [6.45, 7) is 0. The SMILES string of the molecule is O=S(=O)(Cl)c1cc(Br)cc(Cl)c1Br. The minimum absolute atomic E-state index is 0.0476. The molecule has 0 N–H and O–H groups in total. The van der Waals surface area contributed by atoms with Crippen LogP contribution in [0.15, 0.2) is 26.0 Å². The van der Waals surface area contributed by atoms with E-state index in [9.17, 15) is 8.42 Å². The van der Waals surface area contributed by atoms with Crippen LogP contribution in [0.5, 0.6) is 0 Å². The summed E-state index contributed by atoms with van der Waals surface area (Å²) in [4.78, 5) is -0.0476. The summed E-state index contributed by atoms with van der Waals surface area (Å²) in [5.41, 5.74) is 0. The summed E-state index contributed by atoms with van der Waals surface area (Å²) in [5.74, 6) is 0. The predicted octanol–water partition coefficient (Wildman–Crippen LogP) is 3.79. The number of halogens is 4. The van der Waals surface area contributed by atoms with Crippen LogP contribution >= 0.6 is 54.1 Å². The highest BCUT2D eigenvalue weighted by molar-refractivity contribution is 9.11. The molecule has 0 heterocycles. The van der Waals surface area contributed by atoms with E-state index in [0.717, 1.165) is 0 Å². The van der Waals surface area contributed by atoms with E-state index in [1.54, 1.807) is 6.07 Å². The van der Waals surface area contributed by atoms with E-state index in [1.807, 2.05) is 0 Å². The van der Waals surface area contributed by atoms with Gasteiger partial charge in [-0.1, -0.05) is 27.5 Å². The molecule has 0 fully saturated rings. The Labute approximate surface area is 102 Å². The topological polar surface area (TPSA) is 34.1 Å². The second-order valence-corrected chi connectivity index (χ2v) is 6.79. The highest BCUT2D eigenvalue weighted by Gasteiger charge is 2.17. The molecule has 0 saturated carbocycles. The molecule has 0 bridgehead atoms. The van der Waals surface area contributed by atoms with Gasteiger partial charge in [-0.3, -0.25) is 0 Å². The molecule has 0 unspecified atom stereocenters. The molecule has 0 aliphatic heterocycles. The number of rotatable bonds is 1. The Kier molecular flexibility index (Phi) is 3.68. The van der Waals surface area contributed by atoms with Crippen LogP contribution in [0.2, 0.25) is 5.02 Å². The quantitative estimate of drug-likeness (QED) is 0.558. The van der Waals surface area contributed by atoms with Gasteiger partial charge in [-0.25, -0.2) is 8.42 Å². The largest absolute Gasteiger partial charge is 0.262 e. The molecule has 1 aromatic rings. The van der Waals surface area contributed by atoms with E-state index < -0.39 is 9.05 Å². The fourth-order valence-electron chi connectivity index (χ4n) is 0.710. The van der Waals surface area contributed by atoms with Crippen molar-refractivity contribution in [1.82, 2.24) is 0 Å². The monoisotopic (exact) mass is 366 g/mol. The first-order valence-electron chi connectivity index (χ1n) is 2.91. The van der Waals surface area contributed by atoms with Gasteiger partial charge in [0.1, 0.15) is 0 Å². The first kappa shape index (κ1) is 11.8. The average molecular weight is 369 g/mol. The van der Waals surface area contributed by atoms with Crippen LogP contribution < -0.4 is 0 Å². The van der Waals surface area contributed by atoms with Crippen molar-refractivity contribution < 1.29 is 8.42 Å². The zero-order valence-electron chi connectivity index (χ0n) is 5.89. The van der Waals surface area contributed by atoms with Gasteiger partial charge in [-0.2, -0.15) is 0 Å². The molecule has 0 aliphatic carbocycles. The van der Waals surface area contributed by atoms with Gasteiger partial charge in [0.05, 0.1) is 14.4 Å². The van der Waals surface area contributed by atoms with Crippen LogP contribution in [-0.4, -0.2) is 8.42 Å². The molecule has 1 aromatic carbocycles. The van der Waals surface area contributed by atoms with E-state index in [1.165, 1.54) is 6.07 Å². The minimum Gasteiger partial charge on any atom is -0.207 e. The predicted molar refractivity (Wildman–Crippen MR) is 59.9 cm³/mol. The maximum atomic E-state index is 11.0. The minimum atomic E-state index is -3.77. The molecule has 0 aromatic heterocycles. The van der Waals surface area contributed by atoms with Crippen molar-refractivity contribution >= 4 is 63.2 Å². The molecule has 0 spiro atoms. The summed E-state index contributed by atoms with van der Waals surface area (Å²) in [6.07, 6.45) is 0. The van der Waals surface area contributed by atoms with Gasteiger partial charge in [0, 0.05) is 15.2 Å². The molecular formula is C6H2Br2Cl2O2S. The fourth-order valence-corrected chi connectivity index (χ4v) is 3.83. The zero-order valence-corrected chi connectivity index (χ0v) is 11.4. The van der Waals surface area contributed by atoms with Crippen molar-refractivity contribution in [3.05, 3.63) is 26.1 Å². The normalized spacial score (nSPS) is 11.7. The number of benzene rings is 1. The maximum Gasteiger partial charge on any atom is 0.262 e. The summed E-state index contributed by atoms with van der Waals surface area (Å²) in [7, 11) is 1.40. The Bertz CT molecular complexity index is 444. The zero-order chi connectivity index (χ0) is 10.2. The van der Waals surface area contributed by atoms with Crippen LogP contribution in [0, 0.1) is 0 Å². The van der Waals surface area contributed by atoms with E-state index in [-0.39, 0.29) is 14.4 Å². The van der Waals surface area contributed by atoms with Gasteiger partial charge in [0.25, 0.3) is 9.05 Å². The molecule has 1 rings (SSSR count). The van der Waals surface area contributed by atoms with E-state index in [2.05, 4.69) is 31.9 Å². The lowest BCUT2D eigenvalue weighted by Gasteiger charge is -2.02. The summed E-state index contributed by atoms with van der Waals surface area (Å²) < 4.78 is 22.9. The van der Waals surface area contributed by atoms with Gasteiger partial charge in [-0.05, 0) is 28.1 Å². The third kappa shape index (κ3) is 2.83. The van der Waals surface area contributed by atoms with Gasteiger partial charge < -0.3 is 0 Å². The van der Waals surface area contributed by atoms with Gasteiger partial charge in [0.2, 0.25) is 0 Å². The Morgan fingerprint density at radius 1 is 1.23 bits per heavy atom. The van der Waals surface area contributed by atoms with Crippen LogP contribution in [0.4, 0.5) is 0 Å². The maximum absolute atomic E-state index is 11.0. The van der Waals surface area contributed by atoms with Crippen molar-refractivity contribution in [2.45, 2.75) is 4.90 Å². The van der Waals surface area contributed by atoms with Crippen molar-refractivity contribution in [2.75, 3.05) is 0 Å². The molecular weight excluding hydrogens is 367 g/mol. The van der Waals surface area contributed by atoms with Crippen LogP contribution in [0.25, 0.3) is 0 Å². The van der Waals surface area contributed by atoms with Crippen molar-refractivity contribution in [3.8, 4) is 0 Å². The molecule has 0 radical (unpaired) electrons. The van der Waals surface area contributed by atoms with Crippen molar-refractivity contribution in [1.29, 1.82) is 0 Å². The molecule has 13 heavy (non-hydrogen) atoms. The van der Waals surface area contributed by atoms with Crippen LogP contribution in [0.3, 0.4) is 0 Å². The number of hydrogen-bond acceptors (Lipinski definition) is 2. The van der Waals surface area contributed by atoms with Gasteiger partial charge in [-0.15, -0.1) is 0 Å². The Morgan fingerprint density at radius 2 is 1.77 bits per heavy atom. The Morgan fingerprint density at radius 3 is 2.23 bits per heavy atom. The molecule has 0 aliphatic rings. The lowest BCUT2D eigenvalue weighted by atomic mass is 10.4. The molecule has 0 atom stereocenters. The van der Waals surface area contributed by atoms with Crippen molar-refractivity contribution in [3.63, 3.8) is 0 Å².